The number of piperidine rings is 1. The molecule has 40 heavy (non-hydrogen) atoms. The van der Waals surface area contributed by atoms with Crippen molar-refractivity contribution in [1.82, 2.24) is 10.3 Å². The van der Waals surface area contributed by atoms with Gasteiger partial charge in [-0.2, -0.15) is 0 Å². The Kier molecular flexibility index (Phi) is 9.17. The van der Waals surface area contributed by atoms with Gasteiger partial charge in [0.1, 0.15) is 17.7 Å². The van der Waals surface area contributed by atoms with Gasteiger partial charge in [-0.15, -0.1) is 13.2 Å². The number of pyridine rings is 1. The third-order valence-electron chi connectivity index (χ3n) is 6.86. The summed E-state index contributed by atoms with van der Waals surface area (Å²) < 4.78 is 58.3. The lowest BCUT2D eigenvalue weighted by Crippen LogP contribution is -2.38. The highest BCUT2D eigenvalue weighted by atomic mass is 79.9. The van der Waals surface area contributed by atoms with Gasteiger partial charge in [0.15, 0.2) is 0 Å². The fourth-order valence-electron chi connectivity index (χ4n) is 5.04. The maximum atomic E-state index is 14.2. The number of hydrogen-bond donors (Lipinski definition) is 2. The van der Waals surface area contributed by atoms with Crippen molar-refractivity contribution in [2.45, 2.75) is 51.1 Å². The van der Waals surface area contributed by atoms with Crippen LogP contribution in [0.2, 0.25) is 0 Å². The number of aliphatic carboxylic acids is 1. The number of carboxylic acid groups (broad SMARTS) is 1. The zero-order valence-corrected chi connectivity index (χ0v) is 23.2. The van der Waals surface area contributed by atoms with Gasteiger partial charge in [0, 0.05) is 40.9 Å². The molecule has 1 aliphatic rings. The standard InChI is InChI=1S/C28H28BrF4N3O4/c1-16-25(21-13-18(29)9-10-22(21)35-26(16)36-12-4-5-19(30)15-36)27(39)34-14-17(8-11-24(37)38)20-6-2-3-7-23(20)40-28(31,32)33/h2-3,6-7,9-10,13,17,19H,4-5,8,11-12,14-15H2,1H3,(H,34,39)(H,37,38)/t17-,19-/m0/s1. The summed E-state index contributed by atoms with van der Waals surface area (Å²) in [5.74, 6) is -2.38. The lowest BCUT2D eigenvalue weighted by atomic mass is 9.92. The van der Waals surface area contributed by atoms with E-state index < -0.39 is 36.1 Å². The number of nitrogens with zero attached hydrogens (tertiary/aromatic N) is 2. The van der Waals surface area contributed by atoms with E-state index >= 15 is 0 Å². The third kappa shape index (κ3) is 7.21. The van der Waals surface area contributed by atoms with Crippen molar-refractivity contribution in [3.05, 3.63) is 63.6 Å². The average Bonchev–Trinajstić information content (AvgIpc) is 2.88. The molecule has 1 saturated heterocycles. The lowest BCUT2D eigenvalue weighted by Gasteiger charge is -2.32. The Hall–Kier alpha value is -3.41. The van der Waals surface area contributed by atoms with Gasteiger partial charge in [0.05, 0.1) is 17.6 Å². The zero-order chi connectivity index (χ0) is 29.0. The second kappa shape index (κ2) is 12.4. The Balaban J connectivity index is 1.68. The first-order valence-electron chi connectivity index (χ1n) is 12.8. The number of nitrogens with one attached hydrogen (secondary N) is 1. The summed E-state index contributed by atoms with van der Waals surface area (Å²) in [4.78, 5) is 31.6. The van der Waals surface area contributed by atoms with E-state index in [1.807, 2.05) is 4.90 Å². The summed E-state index contributed by atoms with van der Waals surface area (Å²) in [7, 11) is 0. The highest BCUT2D eigenvalue weighted by molar-refractivity contribution is 9.10. The van der Waals surface area contributed by atoms with Crippen molar-refractivity contribution in [3.8, 4) is 5.75 Å². The molecule has 0 aliphatic carbocycles. The molecular formula is C28H28BrF4N3O4. The molecule has 12 heteroatoms. The molecule has 2 heterocycles. The summed E-state index contributed by atoms with van der Waals surface area (Å²) in [5, 5.41) is 12.6. The third-order valence-corrected chi connectivity index (χ3v) is 7.35. The van der Waals surface area contributed by atoms with Crippen LogP contribution in [0.15, 0.2) is 46.9 Å². The summed E-state index contributed by atoms with van der Waals surface area (Å²) >= 11 is 3.42. The Bertz CT molecular complexity index is 1400. The van der Waals surface area contributed by atoms with Gasteiger partial charge in [0.2, 0.25) is 0 Å². The molecule has 0 unspecified atom stereocenters. The fourth-order valence-corrected chi connectivity index (χ4v) is 5.40. The molecule has 0 spiro atoms. The number of alkyl halides is 4. The van der Waals surface area contributed by atoms with Crippen molar-refractivity contribution < 1.29 is 37.0 Å². The number of anilines is 1. The van der Waals surface area contributed by atoms with Crippen LogP contribution in [0.5, 0.6) is 5.75 Å². The number of carbonyl (C=O) groups excluding carboxylic acids is 1. The number of carbonyl (C=O) groups is 2. The molecule has 1 fully saturated rings. The highest BCUT2D eigenvalue weighted by Crippen LogP contribution is 2.35. The van der Waals surface area contributed by atoms with Gasteiger partial charge in [-0.1, -0.05) is 34.1 Å². The smallest absolute Gasteiger partial charge is 0.481 e. The first-order valence-corrected chi connectivity index (χ1v) is 13.6. The number of para-hydroxylation sites is 1. The SMILES string of the molecule is Cc1c(N2CCC[C@H](F)C2)nc2ccc(Br)cc2c1C(=O)NC[C@H](CCC(=O)O)c1ccccc1OC(F)(F)F. The highest BCUT2D eigenvalue weighted by Gasteiger charge is 2.33. The maximum Gasteiger partial charge on any atom is 0.573 e. The molecule has 1 amide bonds. The van der Waals surface area contributed by atoms with Gasteiger partial charge in [-0.25, -0.2) is 9.37 Å². The number of carboxylic acids is 1. The molecule has 7 nitrogen and oxygen atoms in total. The molecule has 0 radical (unpaired) electrons. The summed E-state index contributed by atoms with van der Waals surface area (Å²) in [6.07, 6.45) is -5.21. The van der Waals surface area contributed by atoms with E-state index in [4.69, 9.17) is 4.98 Å². The number of benzene rings is 2. The Labute approximate surface area is 236 Å². The number of ether oxygens (including phenoxy) is 1. The van der Waals surface area contributed by atoms with E-state index in [0.717, 1.165) is 6.07 Å². The van der Waals surface area contributed by atoms with Gasteiger partial charge in [0.25, 0.3) is 5.91 Å². The predicted octanol–water partition coefficient (Wildman–Crippen LogP) is 6.52. The van der Waals surface area contributed by atoms with Gasteiger partial charge in [-0.3, -0.25) is 9.59 Å². The Morgan fingerprint density at radius 1 is 1.25 bits per heavy atom. The lowest BCUT2D eigenvalue weighted by molar-refractivity contribution is -0.275. The molecule has 0 bridgehead atoms. The first kappa shape index (κ1) is 29.6. The van der Waals surface area contributed by atoms with Crippen LogP contribution in [0.1, 0.15) is 53.1 Å². The van der Waals surface area contributed by atoms with E-state index in [0.29, 0.717) is 51.7 Å². The molecule has 2 N–H and O–H groups in total. The normalized spacial score (nSPS) is 16.6. The van der Waals surface area contributed by atoms with Crippen LogP contribution >= 0.6 is 15.9 Å². The number of hydrogen-bond acceptors (Lipinski definition) is 5. The number of aromatic nitrogens is 1. The quantitative estimate of drug-likeness (QED) is 0.263. The Morgan fingerprint density at radius 3 is 2.70 bits per heavy atom. The fraction of sp³-hybridized carbons (Fsp3) is 0.393. The topological polar surface area (TPSA) is 91.8 Å². The number of amides is 1. The molecule has 1 aromatic heterocycles. The first-order chi connectivity index (χ1) is 18.9. The van der Waals surface area contributed by atoms with E-state index in [2.05, 4.69) is 26.0 Å². The molecule has 3 aromatic rings. The van der Waals surface area contributed by atoms with E-state index in [1.165, 1.54) is 18.2 Å². The van der Waals surface area contributed by atoms with Crippen LogP contribution in [0.3, 0.4) is 0 Å². The molecular weight excluding hydrogens is 598 g/mol. The minimum absolute atomic E-state index is 0.0353. The van der Waals surface area contributed by atoms with Crippen molar-refractivity contribution in [2.24, 2.45) is 0 Å². The van der Waals surface area contributed by atoms with Crippen LogP contribution in [0.25, 0.3) is 10.9 Å². The summed E-state index contributed by atoms with van der Waals surface area (Å²) in [6.45, 7) is 2.33. The van der Waals surface area contributed by atoms with Crippen LogP contribution < -0.4 is 15.0 Å². The van der Waals surface area contributed by atoms with E-state index in [-0.39, 0.29) is 31.5 Å². The van der Waals surface area contributed by atoms with Gasteiger partial charge in [-0.05, 0) is 56.0 Å². The van der Waals surface area contributed by atoms with Gasteiger partial charge < -0.3 is 20.1 Å². The van der Waals surface area contributed by atoms with Crippen LogP contribution in [-0.4, -0.2) is 54.1 Å². The molecule has 1 aliphatic heterocycles. The molecule has 0 saturated carbocycles. The number of halogens is 5. The number of fused-ring (bicyclic) bond motifs is 1. The minimum atomic E-state index is -4.94. The molecule has 2 atom stereocenters. The summed E-state index contributed by atoms with van der Waals surface area (Å²) in [5.41, 5.74) is 1.50. The predicted molar refractivity (Wildman–Crippen MR) is 146 cm³/mol. The van der Waals surface area contributed by atoms with Crippen LogP contribution in [0, 0.1) is 6.92 Å². The molecule has 2 aromatic carbocycles. The molecule has 214 valence electrons. The number of rotatable bonds is 9. The maximum absolute atomic E-state index is 14.2. The van der Waals surface area contributed by atoms with Crippen molar-refractivity contribution in [2.75, 3.05) is 24.5 Å². The molecule has 4 rings (SSSR count). The van der Waals surface area contributed by atoms with Crippen molar-refractivity contribution in [1.29, 1.82) is 0 Å². The minimum Gasteiger partial charge on any atom is -0.481 e. The van der Waals surface area contributed by atoms with Crippen molar-refractivity contribution >= 4 is 44.5 Å². The average molecular weight is 626 g/mol. The Morgan fingerprint density at radius 2 is 2.00 bits per heavy atom. The summed E-state index contributed by atoms with van der Waals surface area (Å²) in [6, 6.07) is 10.8. The second-order valence-corrected chi connectivity index (χ2v) is 10.6. The van der Waals surface area contributed by atoms with E-state index in [1.54, 1.807) is 25.1 Å². The van der Waals surface area contributed by atoms with Crippen LogP contribution in [0.4, 0.5) is 23.4 Å². The second-order valence-electron chi connectivity index (χ2n) is 9.71. The van der Waals surface area contributed by atoms with Crippen LogP contribution in [-0.2, 0) is 4.79 Å². The van der Waals surface area contributed by atoms with E-state index in [9.17, 15) is 32.3 Å². The largest absolute Gasteiger partial charge is 0.573 e. The monoisotopic (exact) mass is 625 g/mol. The zero-order valence-electron chi connectivity index (χ0n) is 21.6. The van der Waals surface area contributed by atoms with Crippen molar-refractivity contribution in [3.63, 3.8) is 0 Å². The van der Waals surface area contributed by atoms with Gasteiger partial charge >= 0.3 is 12.3 Å².